The van der Waals surface area contributed by atoms with E-state index in [0.29, 0.717) is 5.75 Å². The van der Waals surface area contributed by atoms with Crippen LogP contribution >= 0.6 is 11.3 Å². The number of ether oxygens (including phenoxy) is 1. The molecule has 0 spiro atoms. The second-order valence-electron chi connectivity index (χ2n) is 3.30. The van der Waals surface area contributed by atoms with Crippen LogP contribution < -0.4 is 4.74 Å². The van der Waals surface area contributed by atoms with Crippen molar-refractivity contribution < 1.29 is 9.84 Å². The zero-order valence-electron chi connectivity index (χ0n) is 8.65. The Hall–Kier alpha value is -1.48. The van der Waals surface area contributed by atoms with E-state index in [4.69, 9.17) is 4.74 Å². The zero-order valence-corrected chi connectivity index (χ0v) is 9.47. The molecule has 1 aromatic carbocycles. The molecule has 1 N–H and O–H groups in total. The fraction of sp³-hybridized carbons (Fsp3) is 0.167. The SMILES string of the molecule is COc1ccc(-c2ccsc2)c(C)c1O. The van der Waals surface area contributed by atoms with Crippen molar-refractivity contribution in [2.45, 2.75) is 6.92 Å². The Bertz CT molecular complexity index is 461. The summed E-state index contributed by atoms with van der Waals surface area (Å²) in [4.78, 5) is 0. The third-order valence-electron chi connectivity index (χ3n) is 2.45. The highest BCUT2D eigenvalue weighted by molar-refractivity contribution is 7.08. The molecule has 0 radical (unpaired) electrons. The highest BCUT2D eigenvalue weighted by atomic mass is 32.1. The largest absolute Gasteiger partial charge is 0.504 e. The van der Waals surface area contributed by atoms with Gasteiger partial charge in [-0.3, -0.25) is 0 Å². The van der Waals surface area contributed by atoms with E-state index in [0.717, 1.165) is 16.7 Å². The molecule has 0 aliphatic rings. The number of hydrogen-bond donors (Lipinski definition) is 1. The first-order valence-corrected chi connectivity index (χ1v) is 5.57. The van der Waals surface area contributed by atoms with E-state index >= 15 is 0 Å². The molecule has 0 aliphatic heterocycles. The number of benzene rings is 1. The van der Waals surface area contributed by atoms with Gasteiger partial charge in [-0.25, -0.2) is 0 Å². The van der Waals surface area contributed by atoms with E-state index < -0.39 is 0 Å². The molecule has 0 saturated heterocycles. The maximum absolute atomic E-state index is 9.86. The van der Waals surface area contributed by atoms with E-state index in [1.54, 1.807) is 24.5 Å². The van der Waals surface area contributed by atoms with Crippen LogP contribution in [0.2, 0.25) is 0 Å². The first kappa shape index (κ1) is 10.1. The molecule has 15 heavy (non-hydrogen) atoms. The fourth-order valence-corrected chi connectivity index (χ4v) is 2.23. The second kappa shape index (κ2) is 3.95. The van der Waals surface area contributed by atoms with E-state index in [9.17, 15) is 5.11 Å². The van der Waals surface area contributed by atoms with Crippen LogP contribution in [0.1, 0.15) is 5.56 Å². The maximum atomic E-state index is 9.86. The van der Waals surface area contributed by atoms with Gasteiger partial charge in [0.1, 0.15) is 0 Å². The molecular formula is C12H12O2S. The maximum Gasteiger partial charge on any atom is 0.161 e. The van der Waals surface area contributed by atoms with Crippen molar-refractivity contribution in [1.29, 1.82) is 0 Å². The lowest BCUT2D eigenvalue weighted by Crippen LogP contribution is -1.88. The van der Waals surface area contributed by atoms with Gasteiger partial charge in [0.05, 0.1) is 7.11 Å². The smallest absolute Gasteiger partial charge is 0.161 e. The number of rotatable bonds is 2. The molecule has 0 fully saturated rings. The molecular weight excluding hydrogens is 208 g/mol. The van der Waals surface area contributed by atoms with E-state index in [2.05, 4.69) is 5.38 Å². The van der Waals surface area contributed by atoms with Crippen molar-refractivity contribution in [3.63, 3.8) is 0 Å². The number of hydrogen-bond acceptors (Lipinski definition) is 3. The number of phenolic OH excluding ortho intramolecular Hbond substituents is 1. The van der Waals surface area contributed by atoms with Crippen LogP contribution in [0.4, 0.5) is 0 Å². The molecule has 0 atom stereocenters. The van der Waals surface area contributed by atoms with Gasteiger partial charge in [-0.05, 0) is 40.9 Å². The molecule has 1 aromatic heterocycles. The van der Waals surface area contributed by atoms with Crippen molar-refractivity contribution in [2.75, 3.05) is 7.11 Å². The lowest BCUT2D eigenvalue weighted by atomic mass is 10.0. The Morgan fingerprint density at radius 3 is 2.67 bits per heavy atom. The molecule has 2 aromatic rings. The first-order valence-electron chi connectivity index (χ1n) is 4.63. The van der Waals surface area contributed by atoms with Crippen molar-refractivity contribution in [3.05, 3.63) is 34.5 Å². The van der Waals surface area contributed by atoms with Gasteiger partial charge in [-0.2, -0.15) is 11.3 Å². The third-order valence-corrected chi connectivity index (χ3v) is 3.13. The lowest BCUT2D eigenvalue weighted by Gasteiger charge is -2.09. The molecule has 0 bridgehead atoms. The summed E-state index contributed by atoms with van der Waals surface area (Å²) >= 11 is 1.65. The van der Waals surface area contributed by atoms with Gasteiger partial charge in [-0.1, -0.05) is 6.07 Å². The van der Waals surface area contributed by atoms with E-state index in [1.165, 1.54) is 0 Å². The Morgan fingerprint density at radius 2 is 2.07 bits per heavy atom. The van der Waals surface area contributed by atoms with Gasteiger partial charge >= 0.3 is 0 Å². The number of phenols is 1. The van der Waals surface area contributed by atoms with Crippen molar-refractivity contribution >= 4 is 11.3 Å². The number of aromatic hydroxyl groups is 1. The average Bonchev–Trinajstić information content (AvgIpc) is 2.75. The van der Waals surface area contributed by atoms with E-state index in [1.807, 2.05) is 24.4 Å². The standard InChI is InChI=1S/C12H12O2S/c1-8-10(9-5-6-15-7-9)3-4-11(14-2)12(8)13/h3-7,13H,1-2H3. The summed E-state index contributed by atoms with van der Waals surface area (Å²) in [6.07, 6.45) is 0. The van der Waals surface area contributed by atoms with Gasteiger partial charge in [0.25, 0.3) is 0 Å². The van der Waals surface area contributed by atoms with Gasteiger partial charge in [-0.15, -0.1) is 0 Å². The summed E-state index contributed by atoms with van der Waals surface area (Å²) in [6, 6.07) is 5.80. The predicted octanol–water partition coefficient (Wildman–Crippen LogP) is 3.44. The van der Waals surface area contributed by atoms with Gasteiger partial charge < -0.3 is 9.84 Å². The number of methoxy groups -OCH3 is 1. The summed E-state index contributed by atoms with van der Waals surface area (Å²) in [5.74, 6) is 0.743. The molecule has 0 amide bonds. The molecule has 0 unspecified atom stereocenters. The van der Waals surface area contributed by atoms with Gasteiger partial charge in [0, 0.05) is 5.56 Å². The van der Waals surface area contributed by atoms with Crippen LogP contribution in [0.15, 0.2) is 29.0 Å². The van der Waals surface area contributed by atoms with Crippen LogP contribution in [-0.2, 0) is 0 Å². The minimum atomic E-state index is 0.223. The van der Waals surface area contributed by atoms with Gasteiger partial charge in [0.15, 0.2) is 11.5 Å². The first-order chi connectivity index (χ1) is 7.24. The molecule has 1 heterocycles. The van der Waals surface area contributed by atoms with Crippen molar-refractivity contribution in [2.24, 2.45) is 0 Å². The van der Waals surface area contributed by atoms with Crippen LogP contribution in [0, 0.1) is 6.92 Å². The molecule has 0 aliphatic carbocycles. The highest BCUT2D eigenvalue weighted by Gasteiger charge is 2.10. The normalized spacial score (nSPS) is 10.3. The summed E-state index contributed by atoms with van der Waals surface area (Å²) < 4.78 is 5.05. The average molecular weight is 220 g/mol. The Kier molecular flexibility index (Phi) is 2.64. The quantitative estimate of drug-likeness (QED) is 0.840. The number of thiophene rings is 1. The summed E-state index contributed by atoms with van der Waals surface area (Å²) in [5.41, 5.74) is 3.04. The molecule has 0 saturated carbocycles. The molecule has 2 nitrogen and oxygen atoms in total. The monoisotopic (exact) mass is 220 g/mol. The summed E-state index contributed by atoms with van der Waals surface area (Å²) in [7, 11) is 1.55. The van der Waals surface area contributed by atoms with Crippen LogP contribution in [-0.4, -0.2) is 12.2 Å². The Balaban J connectivity index is 2.56. The summed E-state index contributed by atoms with van der Waals surface area (Å²) in [5, 5.41) is 13.9. The topological polar surface area (TPSA) is 29.5 Å². The molecule has 2 rings (SSSR count). The lowest BCUT2D eigenvalue weighted by molar-refractivity contribution is 0.372. The van der Waals surface area contributed by atoms with Crippen molar-refractivity contribution in [1.82, 2.24) is 0 Å². The van der Waals surface area contributed by atoms with Crippen molar-refractivity contribution in [3.8, 4) is 22.6 Å². The summed E-state index contributed by atoms with van der Waals surface area (Å²) in [6.45, 7) is 1.89. The van der Waals surface area contributed by atoms with Crippen LogP contribution in [0.3, 0.4) is 0 Å². The van der Waals surface area contributed by atoms with Crippen LogP contribution in [0.5, 0.6) is 11.5 Å². The highest BCUT2D eigenvalue weighted by Crippen LogP contribution is 2.36. The molecule has 3 heteroatoms. The third kappa shape index (κ3) is 1.70. The predicted molar refractivity (Wildman–Crippen MR) is 62.7 cm³/mol. The molecule has 78 valence electrons. The zero-order chi connectivity index (χ0) is 10.8. The minimum Gasteiger partial charge on any atom is -0.504 e. The van der Waals surface area contributed by atoms with Gasteiger partial charge in [0.2, 0.25) is 0 Å². The van der Waals surface area contributed by atoms with E-state index in [-0.39, 0.29) is 5.75 Å². The Morgan fingerprint density at radius 1 is 1.27 bits per heavy atom. The minimum absolute atomic E-state index is 0.223. The van der Waals surface area contributed by atoms with Crippen LogP contribution in [0.25, 0.3) is 11.1 Å². The fourth-order valence-electron chi connectivity index (χ4n) is 1.57. The Labute approximate surface area is 92.8 Å². The second-order valence-corrected chi connectivity index (χ2v) is 4.08.